The van der Waals surface area contributed by atoms with Crippen molar-refractivity contribution >= 4 is 5.91 Å². The third kappa shape index (κ3) is 2.45. The maximum atomic E-state index is 12.5. The zero-order chi connectivity index (χ0) is 13.9. The smallest absolute Gasteiger partial charge is 0.274 e. The first kappa shape index (κ1) is 12.9. The maximum absolute atomic E-state index is 12.5. The van der Waals surface area contributed by atoms with Crippen LogP contribution in [0.25, 0.3) is 0 Å². The second-order valence-corrected chi connectivity index (χ2v) is 5.23. The minimum atomic E-state index is -0.00319. The van der Waals surface area contributed by atoms with Gasteiger partial charge in [0, 0.05) is 37.2 Å². The number of amides is 1. The second kappa shape index (κ2) is 5.48. The number of carbonyl (C=O) groups excluding carboxylic acids is 1. The number of carbonyl (C=O) groups is 1. The molecule has 0 aliphatic heterocycles. The fraction of sp³-hybridized carbons (Fsp3) is 0.500. The molecule has 0 radical (unpaired) electrons. The molecule has 1 aliphatic rings. The third-order valence-electron chi connectivity index (χ3n) is 3.83. The topological polar surface area (TPSA) is 66.8 Å². The van der Waals surface area contributed by atoms with Crippen LogP contribution in [0, 0.1) is 0 Å². The predicted octanol–water partition coefficient (Wildman–Crippen LogP) is 1.26. The van der Waals surface area contributed by atoms with E-state index in [2.05, 4.69) is 15.3 Å². The lowest BCUT2D eigenvalue weighted by molar-refractivity contribution is 0.0782. The molecule has 0 saturated carbocycles. The van der Waals surface area contributed by atoms with Gasteiger partial charge in [-0.05, 0) is 31.7 Å². The lowest BCUT2D eigenvalue weighted by Crippen LogP contribution is -2.31. The molecule has 1 aliphatic carbocycles. The highest BCUT2D eigenvalue weighted by Gasteiger charge is 2.23. The molecule has 0 bridgehead atoms. The first-order chi connectivity index (χ1) is 9.75. The number of fused-ring (bicyclic) bond motifs is 1. The van der Waals surface area contributed by atoms with Crippen LogP contribution in [0.5, 0.6) is 0 Å². The van der Waals surface area contributed by atoms with Crippen molar-refractivity contribution in [2.75, 3.05) is 13.6 Å². The van der Waals surface area contributed by atoms with Crippen molar-refractivity contribution in [1.29, 1.82) is 0 Å². The van der Waals surface area contributed by atoms with Crippen LogP contribution in [0.15, 0.2) is 18.5 Å². The van der Waals surface area contributed by atoms with E-state index in [-0.39, 0.29) is 5.91 Å². The molecule has 0 fully saturated rings. The summed E-state index contributed by atoms with van der Waals surface area (Å²) >= 11 is 0. The molecular formula is C14H19N5O. The number of aromatic amines is 1. The fourth-order valence-corrected chi connectivity index (χ4v) is 2.63. The predicted molar refractivity (Wildman–Crippen MR) is 74.4 cm³/mol. The normalized spacial score (nSPS) is 14.1. The second-order valence-electron chi connectivity index (χ2n) is 5.23. The van der Waals surface area contributed by atoms with Crippen LogP contribution in [0.3, 0.4) is 0 Å². The van der Waals surface area contributed by atoms with Crippen molar-refractivity contribution in [2.45, 2.75) is 32.2 Å². The number of aromatic nitrogens is 4. The van der Waals surface area contributed by atoms with Crippen molar-refractivity contribution < 1.29 is 4.79 Å². The van der Waals surface area contributed by atoms with Crippen LogP contribution in [0.2, 0.25) is 0 Å². The summed E-state index contributed by atoms with van der Waals surface area (Å²) in [5.41, 5.74) is 2.86. The van der Waals surface area contributed by atoms with Gasteiger partial charge in [0.1, 0.15) is 0 Å². The van der Waals surface area contributed by atoms with Crippen molar-refractivity contribution in [1.82, 2.24) is 24.9 Å². The van der Waals surface area contributed by atoms with Gasteiger partial charge < -0.3 is 4.90 Å². The SMILES string of the molecule is CN(CCn1cccn1)C(=O)c1n[nH]c2c1CCCC2. The molecule has 0 spiro atoms. The Kier molecular flexibility index (Phi) is 3.54. The van der Waals surface area contributed by atoms with Crippen molar-refractivity contribution in [3.05, 3.63) is 35.4 Å². The van der Waals surface area contributed by atoms with Gasteiger partial charge in [0.15, 0.2) is 5.69 Å². The van der Waals surface area contributed by atoms with Gasteiger partial charge in [0.2, 0.25) is 0 Å². The Bertz CT molecular complexity index is 587. The lowest BCUT2D eigenvalue weighted by Gasteiger charge is -2.17. The molecule has 3 rings (SSSR count). The van der Waals surface area contributed by atoms with Crippen LogP contribution in [0.4, 0.5) is 0 Å². The van der Waals surface area contributed by atoms with E-state index in [4.69, 9.17) is 0 Å². The molecular weight excluding hydrogens is 254 g/mol. The third-order valence-corrected chi connectivity index (χ3v) is 3.83. The number of hydrogen-bond acceptors (Lipinski definition) is 3. The monoisotopic (exact) mass is 273 g/mol. The Morgan fingerprint density at radius 2 is 2.30 bits per heavy atom. The Balaban J connectivity index is 1.67. The maximum Gasteiger partial charge on any atom is 0.274 e. The van der Waals surface area contributed by atoms with Gasteiger partial charge in [0.25, 0.3) is 5.91 Å². The molecule has 20 heavy (non-hydrogen) atoms. The quantitative estimate of drug-likeness (QED) is 0.912. The zero-order valence-electron chi connectivity index (χ0n) is 11.7. The number of aryl methyl sites for hydroxylation is 1. The van der Waals surface area contributed by atoms with Crippen molar-refractivity contribution in [3.8, 4) is 0 Å². The van der Waals surface area contributed by atoms with E-state index in [0.717, 1.165) is 30.5 Å². The summed E-state index contributed by atoms with van der Waals surface area (Å²) in [4.78, 5) is 14.2. The molecule has 2 aromatic heterocycles. The van der Waals surface area contributed by atoms with Gasteiger partial charge in [-0.25, -0.2) is 0 Å². The molecule has 2 heterocycles. The largest absolute Gasteiger partial charge is 0.338 e. The zero-order valence-corrected chi connectivity index (χ0v) is 11.7. The van der Waals surface area contributed by atoms with Gasteiger partial charge in [-0.1, -0.05) is 0 Å². The molecule has 2 aromatic rings. The first-order valence-electron chi connectivity index (χ1n) is 7.04. The highest BCUT2D eigenvalue weighted by atomic mass is 16.2. The molecule has 1 N–H and O–H groups in total. The molecule has 6 heteroatoms. The number of H-pyrrole nitrogens is 1. The fourth-order valence-electron chi connectivity index (χ4n) is 2.63. The molecule has 6 nitrogen and oxygen atoms in total. The van der Waals surface area contributed by atoms with E-state index in [0.29, 0.717) is 18.8 Å². The van der Waals surface area contributed by atoms with Crippen LogP contribution in [0.1, 0.15) is 34.6 Å². The summed E-state index contributed by atoms with van der Waals surface area (Å²) in [6, 6.07) is 1.88. The highest BCUT2D eigenvalue weighted by molar-refractivity contribution is 5.93. The van der Waals surface area contributed by atoms with E-state index in [9.17, 15) is 4.79 Å². The van der Waals surface area contributed by atoms with E-state index >= 15 is 0 Å². The lowest BCUT2D eigenvalue weighted by atomic mass is 9.95. The summed E-state index contributed by atoms with van der Waals surface area (Å²) in [6.45, 7) is 1.32. The van der Waals surface area contributed by atoms with Crippen LogP contribution in [-0.4, -0.2) is 44.4 Å². The summed E-state index contributed by atoms with van der Waals surface area (Å²) in [5, 5.41) is 11.4. The molecule has 0 aromatic carbocycles. The van der Waals surface area contributed by atoms with E-state index in [1.807, 2.05) is 24.0 Å². The molecule has 0 unspecified atom stereocenters. The van der Waals surface area contributed by atoms with Gasteiger partial charge in [-0.2, -0.15) is 10.2 Å². The molecule has 1 amide bonds. The summed E-state index contributed by atoms with van der Waals surface area (Å²) < 4.78 is 1.82. The number of likely N-dealkylation sites (N-methyl/N-ethyl adjacent to an activating group) is 1. The van der Waals surface area contributed by atoms with Gasteiger partial charge >= 0.3 is 0 Å². The highest BCUT2D eigenvalue weighted by Crippen LogP contribution is 2.22. The molecule has 106 valence electrons. The van der Waals surface area contributed by atoms with Crippen LogP contribution >= 0.6 is 0 Å². The Morgan fingerprint density at radius 1 is 1.45 bits per heavy atom. The van der Waals surface area contributed by atoms with Crippen LogP contribution < -0.4 is 0 Å². The minimum Gasteiger partial charge on any atom is -0.338 e. The average molecular weight is 273 g/mol. The number of hydrogen-bond donors (Lipinski definition) is 1. The first-order valence-corrected chi connectivity index (χ1v) is 7.04. The van der Waals surface area contributed by atoms with Gasteiger partial charge in [-0.3, -0.25) is 14.6 Å². The van der Waals surface area contributed by atoms with Crippen molar-refractivity contribution in [2.24, 2.45) is 0 Å². The number of nitrogens with zero attached hydrogens (tertiary/aromatic N) is 4. The average Bonchev–Trinajstić information content (AvgIpc) is 3.13. The summed E-state index contributed by atoms with van der Waals surface area (Å²) in [5.74, 6) is -0.00319. The van der Waals surface area contributed by atoms with Crippen molar-refractivity contribution in [3.63, 3.8) is 0 Å². The Hall–Kier alpha value is -2.11. The number of rotatable bonds is 4. The van der Waals surface area contributed by atoms with Gasteiger partial charge in [-0.15, -0.1) is 0 Å². The van der Waals surface area contributed by atoms with Crippen LogP contribution in [-0.2, 0) is 19.4 Å². The Labute approximate surface area is 117 Å². The van der Waals surface area contributed by atoms with E-state index < -0.39 is 0 Å². The summed E-state index contributed by atoms with van der Waals surface area (Å²) in [6.07, 6.45) is 7.93. The van der Waals surface area contributed by atoms with E-state index in [1.165, 1.54) is 6.42 Å². The minimum absolute atomic E-state index is 0.00319. The molecule has 0 saturated heterocycles. The van der Waals surface area contributed by atoms with Gasteiger partial charge in [0.05, 0.1) is 6.54 Å². The summed E-state index contributed by atoms with van der Waals surface area (Å²) in [7, 11) is 1.82. The molecule has 0 atom stereocenters. The number of nitrogens with one attached hydrogen (secondary N) is 1. The Morgan fingerprint density at radius 3 is 3.10 bits per heavy atom. The standard InChI is InChI=1S/C14H19N5O/c1-18(9-10-19-8-4-7-15-19)14(20)13-11-5-2-3-6-12(11)16-17-13/h4,7-8H,2-3,5-6,9-10H2,1H3,(H,16,17). The van der Waals surface area contributed by atoms with E-state index in [1.54, 1.807) is 11.1 Å².